The third-order valence-corrected chi connectivity index (χ3v) is 2.65. The largest absolute Gasteiger partial charge is 0.508 e. The Morgan fingerprint density at radius 1 is 1.47 bits per heavy atom. The van der Waals surface area contributed by atoms with Gasteiger partial charge >= 0.3 is 0 Å². The fraction of sp³-hybridized carbons (Fsp3) is 0.462. The third-order valence-electron chi connectivity index (χ3n) is 2.65. The molecule has 4 nitrogen and oxygen atoms in total. The molecular formula is C13H20N2O2. The summed E-state index contributed by atoms with van der Waals surface area (Å²) in [6.45, 7) is 2.57. The molecule has 0 bridgehead atoms. The molecule has 1 unspecified atom stereocenters. The Morgan fingerprint density at radius 2 is 2.24 bits per heavy atom. The number of hydrogen-bond donors (Lipinski definition) is 3. The Bertz CT molecular complexity index is 366. The van der Waals surface area contributed by atoms with Crippen LogP contribution in [0.4, 0.5) is 5.69 Å². The molecule has 1 rings (SSSR count). The van der Waals surface area contributed by atoms with Crippen LogP contribution in [-0.4, -0.2) is 17.6 Å². The SMILES string of the molecule is CC(CCCCN)C(=O)Nc1cccc(O)c1. The number of carbonyl (C=O) groups excluding carboxylic acids is 1. The van der Waals surface area contributed by atoms with Gasteiger partial charge in [-0.2, -0.15) is 0 Å². The average Bonchev–Trinajstić information content (AvgIpc) is 2.29. The molecule has 0 spiro atoms. The number of aromatic hydroxyl groups is 1. The van der Waals surface area contributed by atoms with E-state index in [4.69, 9.17) is 5.73 Å². The van der Waals surface area contributed by atoms with Crippen molar-refractivity contribution >= 4 is 11.6 Å². The van der Waals surface area contributed by atoms with E-state index in [9.17, 15) is 9.90 Å². The lowest BCUT2D eigenvalue weighted by Crippen LogP contribution is -2.20. The summed E-state index contributed by atoms with van der Waals surface area (Å²) in [6, 6.07) is 6.55. The summed E-state index contributed by atoms with van der Waals surface area (Å²) in [5.74, 6) is 0.0927. The van der Waals surface area contributed by atoms with Crippen molar-refractivity contribution in [3.05, 3.63) is 24.3 Å². The van der Waals surface area contributed by atoms with Gasteiger partial charge in [0, 0.05) is 17.7 Å². The van der Waals surface area contributed by atoms with Crippen LogP contribution in [0, 0.1) is 5.92 Å². The summed E-state index contributed by atoms with van der Waals surface area (Å²) in [7, 11) is 0. The fourth-order valence-electron chi connectivity index (χ4n) is 1.58. The van der Waals surface area contributed by atoms with Gasteiger partial charge in [-0.1, -0.05) is 19.4 Å². The predicted octanol–water partition coefficient (Wildman–Crippen LogP) is 2.10. The first-order chi connectivity index (χ1) is 8.13. The molecule has 4 heteroatoms. The van der Waals surface area contributed by atoms with Gasteiger partial charge in [-0.3, -0.25) is 4.79 Å². The number of anilines is 1. The second-order valence-electron chi connectivity index (χ2n) is 4.23. The van der Waals surface area contributed by atoms with Crippen molar-refractivity contribution in [2.24, 2.45) is 11.7 Å². The van der Waals surface area contributed by atoms with Crippen molar-refractivity contribution in [1.82, 2.24) is 0 Å². The summed E-state index contributed by atoms with van der Waals surface area (Å²) in [6.07, 6.45) is 2.75. The minimum Gasteiger partial charge on any atom is -0.508 e. The average molecular weight is 236 g/mol. The van der Waals surface area contributed by atoms with Crippen LogP contribution in [0.5, 0.6) is 5.75 Å². The highest BCUT2D eigenvalue weighted by Gasteiger charge is 2.12. The van der Waals surface area contributed by atoms with E-state index in [-0.39, 0.29) is 17.6 Å². The minimum atomic E-state index is -0.0381. The number of unbranched alkanes of at least 4 members (excludes halogenated alkanes) is 1. The van der Waals surface area contributed by atoms with Crippen molar-refractivity contribution in [1.29, 1.82) is 0 Å². The molecule has 0 radical (unpaired) electrons. The molecule has 17 heavy (non-hydrogen) atoms. The predicted molar refractivity (Wildman–Crippen MR) is 68.8 cm³/mol. The van der Waals surface area contributed by atoms with Crippen LogP contribution in [-0.2, 0) is 4.79 Å². The summed E-state index contributed by atoms with van der Waals surface area (Å²) in [5.41, 5.74) is 6.03. The highest BCUT2D eigenvalue weighted by atomic mass is 16.3. The van der Waals surface area contributed by atoms with Crippen LogP contribution in [0.2, 0.25) is 0 Å². The maximum atomic E-state index is 11.8. The fourth-order valence-corrected chi connectivity index (χ4v) is 1.58. The smallest absolute Gasteiger partial charge is 0.227 e. The van der Waals surface area contributed by atoms with Gasteiger partial charge in [-0.05, 0) is 31.5 Å². The van der Waals surface area contributed by atoms with Crippen molar-refractivity contribution in [3.63, 3.8) is 0 Å². The molecule has 0 saturated carbocycles. The zero-order chi connectivity index (χ0) is 12.7. The van der Waals surface area contributed by atoms with Crippen molar-refractivity contribution in [2.45, 2.75) is 26.2 Å². The van der Waals surface area contributed by atoms with Crippen LogP contribution >= 0.6 is 0 Å². The van der Waals surface area contributed by atoms with E-state index < -0.39 is 0 Å². The van der Waals surface area contributed by atoms with Crippen molar-refractivity contribution < 1.29 is 9.90 Å². The summed E-state index contributed by atoms with van der Waals surface area (Å²) >= 11 is 0. The second-order valence-corrected chi connectivity index (χ2v) is 4.23. The van der Waals surface area contributed by atoms with Crippen LogP contribution in [0.15, 0.2) is 24.3 Å². The lowest BCUT2D eigenvalue weighted by Gasteiger charge is -2.11. The number of hydrogen-bond acceptors (Lipinski definition) is 3. The topological polar surface area (TPSA) is 75.4 Å². The molecule has 1 atom stereocenters. The van der Waals surface area contributed by atoms with Crippen molar-refractivity contribution in [3.8, 4) is 5.75 Å². The quantitative estimate of drug-likeness (QED) is 0.662. The molecule has 0 aliphatic rings. The first-order valence-electron chi connectivity index (χ1n) is 5.93. The van der Waals surface area contributed by atoms with Crippen LogP contribution < -0.4 is 11.1 Å². The maximum absolute atomic E-state index is 11.8. The number of nitrogens with one attached hydrogen (secondary N) is 1. The number of rotatable bonds is 6. The van der Waals surface area contributed by atoms with Crippen LogP contribution in [0.3, 0.4) is 0 Å². The van der Waals surface area contributed by atoms with Gasteiger partial charge in [-0.15, -0.1) is 0 Å². The van der Waals surface area contributed by atoms with Gasteiger partial charge in [0.2, 0.25) is 5.91 Å². The number of phenolic OH excluding ortho intramolecular Hbond substituents is 1. The highest BCUT2D eigenvalue weighted by molar-refractivity contribution is 5.92. The van der Waals surface area contributed by atoms with Gasteiger partial charge in [0.1, 0.15) is 5.75 Å². The molecule has 0 aromatic heterocycles. The molecule has 0 aliphatic heterocycles. The minimum absolute atomic E-state index is 0.0207. The zero-order valence-electron chi connectivity index (χ0n) is 10.1. The van der Waals surface area contributed by atoms with E-state index >= 15 is 0 Å². The summed E-state index contributed by atoms with van der Waals surface area (Å²) in [5, 5.41) is 12.1. The summed E-state index contributed by atoms with van der Waals surface area (Å²) in [4.78, 5) is 11.8. The maximum Gasteiger partial charge on any atom is 0.227 e. The zero-order valence-corrected chi connectivity index (χ0v) is 10.1. The normalized spacial score (nSPS) is 12.1. The number of amides is 1. The first kappa shape index (κ1) is 13.5. The molecule has 0 fully saturated rings. The van der Waals surface area contributed by atoms with Crippen LogP contribution in [0.25, 0.3) is 0 Å². The Morgan fingerprint density at radius 3 is 2.88 bits per heavy atom. The Hall–Kier alpha value is -1.55. The third kappa shape index (κ3) is 4.87. The van der Waals surface area contributed by atoms with E-state index in [1.54, 1.807) is 18.2 Å². The number of carbonyl (C=O) groups is 1. The lowest BCUT2D eigenvalue weighted by atomic mass is 10.0. The van der Waals surface area contributed by atoms with E-state index in [0.29, 0.717) is 12.2 Å². The molecule has 0 heterocycles. The molecule has 94 valence electrons. The van der Waals surface area contributed by atoms with E-state index in [1.165, 1.54) is 6.07 Å². The Kier molecular flexibility index (Phi) is 5.49. The lowest BCUT2D eigenvalue weighted by molar-refractivity contribution is -0.119. The molecule has 0 saturated heterocycles. The second kappa shape index (κ2) is 6.91. The van der Waals surface area contributed by atoms with Gasteiger partial charge in [0.05, 0.1) is 0 Å². The highest BCUT2D eigenvalue weighted by Crippen LogP contribution is 2.17. The van der Waals surface area contributed by atoms with Gasteiger partial charge in [-0.25, -0.2) is 0 Å². The van der Waals surface area contributed by atoms with E-state index in [1.807, 2.05) is 6.92 Å². The number of nitrogens with two attached hydrogens (primary N) is 1. The molecule has 1 aromatic rings. The monoisotopic (exact) mass is 236 g/mol. The van der Waals surface area contributed by atoms with Gasteiger partial charge in [0.25, 0.3) is 0 Å². The van der Waals surface area contributed by atoms with Gasteiger partial charge in [0.15, 0.2) is 0 Å². The molecule has 4 N–H and O–H groups in total. The standard InChI is InChI=1S/C13H20N2O2/c1-10(5-2-3-8-14)13(17)15-11-6-4-7-12(16)9-11/h4,6-7,9-10,16H,2-3,5,8,14H2,1H3,(H,15,17). The molecular weight excluding hydrogens is 216 g/mol. The molecule has 1 amide bonds. The number of phenols is 1. The number of benzene rings is 1. The van der Waals surface area contributed by atoms with E-state index in [0.717, 1.165) is 19.3 Å². The Balaban J connectivity index is 2.43. The van der Waals surface area contributed by atoms with Gasteiger partial charge < -0.3 is 16.2 Å². The van der Waals surface area contributed by atoms with Crippen LogP contribution in [0.1, 0.15) is 26.2 Å². The van der Waals surface area contributed by atoms with Crippen molar-refractivity contribution in [2.75, 3.05) is 11.9 Å². The first-order valence-corrected chi connectivity index (χ1v) is 5.93. The van der Waals surface area contributed by atoms with E-state index in [2.05, 4.69) is 5.32 Å². The molecule has 0 aliphatic carbocycles. The summed E-state index contributed by atoms with van der Waals surface area (Å²) < 4.78 is 0. The Labute approximate surface area is 102 Å². The molecule has 1 aromatic carbocycles.